The molecule has 1 amide bonds. The quantitative estimate of drug-likeness (QED) is 0.805. The van der Waals surface area contributed by atoms with Gasteiger partial charge in [0.05, 0.1) is 5.56 Å². The number of carbonyl (C=O) groups excluding carboxylic acids is 1. The molecular formula is C15H17BrFNO. The Morgan fingerprint density at radius 1 is 1.21 bits per heavy atom. The van der Waals surface area contributed by atoms with Crippen molar-refractivity contribution in [1.82, 2.24) is 4.90 Å². The molecular weight excluding hydrogens is 309 g/mol. The van der Waals surface area contributed by atoms with Crippen LogP contribution in [0.2, 0.25) is 0 Å². The highest BCUT2D eigenvalue weighted by molar-refractivity contribution is 9.10. The van der Waals surface area contributed by atoms with Crippen LogP contribution in [0.4, 0.5) is 4.39 Å². The van der Waals surface area contributed by atoms with Gasteiger partial charge in [0, 0.05) is 17.6 Å². The fourth-order valence-electron chi connectivity index (χ4n) is 2.30. The highest BCUT2D eigenvalue weighted by Crippen LogP contribution is 2.34. The maximum absolute atomic E-state index is 13.3. The van der Waals surface area contributed by atoms with E-state index in [-0.39, 0.29) is 11.7 Å². The standard InChI is InChI=1S/C15H17BrFNO/c16-14-6-5-12(17)7-13(14)15(19)18(8-10-1-2-10)9-11-3-4-11/h5-7,10-11H,1-4,8-9H2. The predicted molar refractivity (Wildman–Crippen MR) is 75.5 cm³/mol. The summed E-state index contributed by atoms with van der Waals surface area (Å²) in [6, 6.07) is 4.31. The number of halogens is 2. The molecule has 3 rings (SSSR count). The second-order valence-corrected chi connectivity index (χ2v) is 6.58. The normalized spacial score (nSPS) is 18.4. The number of hydrogen-bond acceptors (Lipinski definition) is 1. The summed E-state index contributed by atoms with van der Waals surface area (Å²) in [6.07, 6.45) is 4.88. The lowest BCUT2D eigenvalue weighted by atomic mass is 10.1. The minimum absolute atomic E-state index is 0.0369. The topological polar surface area (TPSA) is 20.3 Å². The van der Waals surface area contributed by atoms with E-state index >= 15 is 0 Å². The smallest absolute Gasteiger partial charge is 0.255 e. The molecule has 1 aromatic carbocycles. The summed E-state index contributed by atoms with van der Waals surface area (Å²) in [5.74, 6) is 0.930. The highest BCUT2D eigenvalue weighted by atomic mass is 79.9. The van der Waals surface area contributed by atoms with Gasteiger partial charge in [0.25, 0.3) is 5.91 Å². The van der Waals surface area contributed by atoms with Gasteiger partial charge >= 0.3 is 0 Å². The van der Waals surface area contributed by atoms with Crippen LogP contribution in [-0.2, 0) is 0 Å². The first-order valence-corrected chi connectivity index (χ1v) is 7.67. The highest BCUT2D eigenvalue weighted by Gasteiger charge is 2.32. The van der Waals surface area contributed by atoms with Gasteiger partial charge in [0.15, 0.2) is 0 Å². The predicted octanol–water partition coefficient (Wildman–Crippen LogP) is 3.85. The minimum Gasteiger partial charge on any atom is -0.338 e. The Labute approximate surface area is 121 Å². The van der Waals surface area contributed by atoms with Crippen LogP contribution in [0.3, 0.4) is 0 Å². The van der Waals surface area contributed by atoms with Gasteiger partial charge in [-0.05, 0) is 71.6 Å². The Balaban J connectivity index is 1.78. The fraction of sp³-hybridized carbons (Fsp3) is 0.533. The van der Waals surface area contributed by atoms with E-state index in [1.807, 2.05) is 4.90 Å². The van der Waals surface area contributed by atoms with E-state index in [0.29, 0.717) is 21.9 Å². The molecule has 0 atom stereocenters. The van der Waals surface area contributed by atoms with Gasteiger partial charge in [-0.1, -0.05) is 0 Å². The molecule has 19 heavy (non-hydrogen) atoms. The van der Waals surface area contributed by atoms with Crippen molar-refractivity contribution in [1.29, 1.82) is 0 Å². The van der Waals surface area contributed by atoms with Gasteiger partial charge in [-0.25, -0.2) is 4.39 Å². The summed E-state index contributed by atoms with van der Waals surface area (Å²) < 4.78 is 14.0. The number of hydrogen-bond donors (Lipinski definition) is 0. The fourth-order valence-corrected chi connectivity index (χ4v) is 2.71. The zero-order valence-electron chi connectivity index (χ0n) is 10.7. The zero-order chi connectivity index (χ0) is 13.4. The van der Waals surface area contributed by atoms with Crippen LogP contribution >= 0.6 is 15.9 Å². The van der Waals surface area contributed by atoms with Crippen LogP contribution < -0.4 is 0 Å². The van der Waals surface area contributed by atoms with E-state index in [1.54, 1.807) is 6.07 Å². The van der Waals surface area contributed by atoms with Crippen molar-refractivity contribution in [2.75, 3.05) is 13.1 Å². The van der Waals surface area contributed by atoms with Crippen molar-refractivity contribution >= 4 is 21.8 Å². The molecule has 0 saturated heterocycles. The van der Waals surface area contributed by atoms with Crippen molar-refractivity contribution in [3.8, 4) is 0 Å². The Morgan fingerprint density at radius 3 is 2.32 bits per heavy atom. The molecule has 2 fully saturated rings. The summed E-state index contributed by atoms with van der Waals surface area (Å²) in [4.78, 5) is 14.5. The number of rotatable bonds is 5. The van der Waals surface area contributed by atoms with Gasteiger partial charge < -0.3 is 4.90 Å². The molecule has 1 aromatic rings. The summed E-state index contributed by atoms with van der Waals surface area (Å²) >= 11 is 3.35. The largest absolute Gasteiger partial charge is 0.338 e. The third-order valence-corrected chi connectivity index (χ3v) is 4.49. The van der Waals surface area contributed by atoms with Crippen molar-refractivity contribution in [2.45, 2.75) is 25.7 Å². The molecule has 0 spiro atoms. The van der Waals surface area contributed by atoms with Gasteiger partial charge in [-0.2, -0.15) is 0 Å². The maximum Gasteiger partial charge on any atom is 0.255 e. The zero-order valence-corrected chi connectivity index (χ0v) is 12.3. The Morgan fingerprint density at radius 2 is 1.79 bits per heavy atom. The summed E-state index contributed by atoms with van der Waals surface area (Å²) in [6.45, 7) is 1.66. The molecule has 2 nitrogen and oxygen atoms in total. The average Bonchev–Trinajstić information content (AvgIpc) is 3.25. The number of benzene rings is 1. The monoisotopic (exact) mass is 325 g/mol. The molecule has 0 unspecified atom stereocenters. The second-order valence-electron chi connectivity index (χ2n) is 5.72. The van der Waals surface area contributed by atoms with E-state index in [9.17, 15) is 9.18 Å². The Bertz CT molecular complexity index is 483. The summed E-state index contributed by atoms with van der Waals surface area (Å²) in [5, 5.41) is 0. The average molecular weight is 326 g/mol. The van der Waals surface area contributed by atoms with Crippen LogP contribution in [0, 0.1) is 17.7 Å². The number of amides is 1. The molecule has 2 aliphatic rings. The molecule has 2 aliphatic carbocycles. The molecule has 0 bridgehead atoms. The first-order valence-electron chi connectivity index (χ1n) is 6.88. The lowest BCUT2D eigenvalue weighted by Gasteiger charge is -2.23. The van der Waals surface area contributed by atoms with Gasteiger partial charge in [0.1, 0.15) is 5.82 Å². The van der Waals surface area contributed by atoms with Crippen molar-refractivity contribution < 1.29 is 9.18 Å². The molecule has 4 heteroatoms. The minimum atomic E-state index is -0.357. The van der Waals surface area contributed by atoms with Crippen LogP contribution in [0.5, 0.6) is 0 Å². The first-order chi connectivity index (χ1) is 9.13. The van der Waals surface area contributed by atoms with E-state index in [1.165, 1.54) is 37.8 Å². The van der Waals surface area contributed by atoms with E-state index < -0.39 is 0 Å². The lowest BCUT2D eigenvalue weighted by Crippen LogP contribution is -2.35. The first kappa shape index (κ1) is 13.1. The van der Waals surface area contributed by atoms with Crippen molar-refractivity contribution in [3.63, 3.8) is 0 Å². The molecule has 0 radical (unpaired) electrons. The van der Waals surface area contributed by atoms with Gasteiger partial charge in [-0.15, -0.1) is 0 Å². The molecule has 0 N–H and O–H groups in total. The molecule has 102 valence electrons. The van der Waals surface area contributed by atoms with Crippen molar-refractivity contribution in [2.24, 2.45) is 11.8 Å². The Kier molecular flexibility index (Phi) is 3.61. The molecule has 2 saturated carbocycles. The maximum atomic E-state index is 13.3. The number of nitrogens with zero attached hydrogens (tertiary/aromatic N) is 1. The van der Waals surface area contributed by atoms with Crippen LogP contribution in [0.1, 0.15) is 36.0 Å². The summed E-state index contributed by atoms with van der Waals surface area (Å²) in [7, 11) is 0. The third kappa shape index (κ3) is 3.35. The second kappa shape index (κ2) is 5.23. The van der Waals surface area contributed by atoms with Crippen LogP contribution in [0.25, 0.3) is 0 Å². The van der Waals surface area contributed by atoms with Crippen molar-refractivity contribution in [3.05, 3.63) is 34.1 Å². The van der Waals surface area contributed by atoms with E-state index in [4.69, 9.17) is 0 Å². The van der Waals surface area contributed by atoms with Gasteiger partial charge in [-0.3, -0.25) is 4.79 Å². The van der Waals surface area contributed by atoms with Gasteiger partial charge in [0.2, 0.25) is 0 Å². The SMILES string of the molecule is O=C(c1cc(F)ccc1Br)N(CC1CC1)CC1CC1. The van der Waals surface area contributed by atoms with E-state index in [0.717, 1.165) is 13.1 Å². The Hall–Kier alpha value is -0.900. The third-order valence-electron chi connectivity index (χ3n) is 3.80. The molecule has 0 heterocycles. The summed E-state index contributed by atoms with van der Waals surface area (Å²) in [5.41, 5.74) is 0.446. The van der Waals surface area contributed by atoms with E-state index in [2.05, 4.69) is 15.9 Å². The number of carbonyl (C=O) groups is 1. The van der Waals surface area contributed by atoms with Crippen LogP contribution in [0.15, 0.2) is 22.7 Å². The molecule has 0 aromatic heterocycles. The van der Waals surface area contributed by atoms with Crippen LogP contribution in [-0.4, -0.2) is 23.9 Å². The lowest BCUT2D eigenvalue weighted by molar-refractivity contribution is 0.0738. The molecule has 0 aliphatic heterocycles.